The molecule has 0 aliphatic rings. The maximum Gasteiger partial charge on any atom is 2.00 e. The largest absolute Gasteiger partial charge is 2.00 e. The van der Waals surface area contributed by atoms with E-state index in [-0.39, 0.29) is 99.0 Å². The fourth-order valence-corrected chi connectivity index (χ4v) is 5.19. The minimum absolute atomic E-state index is 0. The van der Waals surface area contributed by atoms with Gasteiger partial charge in [0.15, 0.2) is 5.71 Å². The Labute approximate surface area is 374 Å². The second-order valence-corrected chi connectivity index (χ2v) is 14.4. The van der Waals surface area contributed by atoms with Gasteiger partial charge in [0.2, 0.25) is 0 Å². The van der Waals surface area contributed by atoms with Crippen molar-refractivity contribution in [3.8, 4) is 0 Å². The first-order chi connectivity index (χ1) is 27.0. The molecule has 0 fully saturated rings. The topological polar surface area (TPSA) is 180 Å². The number of carbonyl (C=O) groups excluding carboxylic acids is 6. The van der Waals surface area contributed by atoms with Crippen LogP contribution in [0.15, 0.2) is 125 Å². The average Bonchev–Trinajstić information content (AvgIpc) is 3.15. The van der Waals surface area contributed by atoms with Crippen LogP contribution >= 0.6 is 0 Å². The number of hydrogen-bond acceptors (Lipinski definition) is 13. The van der Waals surface area contributed by atoms with Crippen molar-refractivity contribution in [2.75, 3.05) is 4.90 Å². The van der Waals surface area contributed by atoms with Crippen molar-refractivity contribution in [1.82, 2.24) is 0 Å². The first-order valence-corrected chi connectivity index (χ1v) is 19.2. The van der Waals surface area contributed by atoms with E-state index in [1.807, 2.05) is 126 Å². The number of benzene rings is 4. The van der Waals surface area contributed by atoms with Gasteiger partial charge in [-0.1, -0.05) is 86.9 Å². The molecule has 0 saturated carbocycles. The van der Waals surface area contributed by atoms with Gasteiger partial charge in [0.25, 0.3) is 0 Å². The number of aryl methyl sites for hydroxylation is 1. The van der Waals surface area contributed by atoms with E-state index in [1.54, 1.807) is 39.8 Å². The monoisotopic (exact) mass is 906 g/mol. The molecule has 4 aromatic rings. The number of nitrogens with zero attached hydrogens (tertiary/aromatic N) is 2. The fraction of sp³-hybridized carbons (Fsp3) is 0.326. The number of anilines is 2. The molecule has 0 heterocycles. The second kappa shape index (κ2) is 32.9. The second-order valence-electron chi connectivity index (χ2n) is 12.9. The van der Waals surface area contributed by atoms with Crippen molar-refractivity contribution in [2.45, 2.75) is 85.5 Å². The smallest absolute Gasteiger partial charge is 1.00 e. The number of esters is 2. The summed E-state index contributed by atoms with van der Waals surface area (Å²) in [5.41, 5.74) is 2.81. The van der Waals surface area contributed by atoms with Crippen molar-refractivity contribution in [3.63, 3.8) is 0 Å². The summed E-state index contributed by atoms with van der Waals surface area (Å²) >= 11 is 0. The van der Waals surface area contributed by atoms with E-state index in [1.165, 1.54) is 12.1 Å². The summed E-state index contributed by atoms with van der Waals surface area (Å²) in [6.07, 6.45) is 0.0438. The van der Waals surface area contributed by atoms with Gasteiger partial charge in [0.05, 0.1) is 12.2 Å². The zero-order chi connectivity index (χ0) is 43.4. The van der Waals surface area contributed by atoms with Crippen molar-refractivity contribution < 1.29 is 67.9 Å². The van der Waals surface area contributed by atoms with Gasteiger partial charge in [-0.3, -0.25) is 4.28 Å². The van der Waals surface area contributed by atoms with Crippen LogP contribution in [0.5, 0.6) is 0 Å². The van der Waals surface area contributed by atoms with Crippen LogP contribution in [0.4, 0.5) is 11.4 Å². The standard InChI is InChI=1S/C20H25NO2.C15H21NO5S.C6H5.2CO2.BrH.Mg/c1-15(2)19(20(22)23-16(3)4)21(17-11-7-5-8-12-17)18-13-9-6-10-14-18;1-10(2)14(15(17)20-11(3)4)16-21-22(18,19)13-8-6-12(5)7-9-13;1-2-4-6-5-3-1;2*2-1-3;;/h5-16,19H,1-4H3;6-11H,1-5H3;1-5H;;;1H;/q;;-1;;;;+2/p-1/b;16-14-;;;;;. The van der Waals surface area contributed by atoms with Gasteiger partial charge in [0, 0.05) is 17.3 Å². The van der Waals surface area contributed by atoms with Crippen molar-refractivity contribution in [2.24, 2.45) is 17.0 Å². The minimum Gasteiger partial charge on any atom is -1.00 e. The summed E-state index contributed by atoms with van der Waals surface area (Å²) in [6.45, 7) is 16.5. The molecule has 0 amide bonds. The van der Waals surface area contributed by atoms with E-state index < -0.39 is 16.1 Å². The SMILES string of the molecule is CC(C)OC(=O)C(C(C)C)N(c1ccccc1)c1ccccc1.Cc1ccc(S(=O)(=O)O/N=C(\C(=O)OC(C)C)C(C)C)cc1.O=C=O.O=C=O.[Br-].[Mg+2].[c-]1ccccc1. The molecule has 314 valence electrons. The van der Waals surface area contributed by atoms with Gasteiger partial charge >= 0.3 is 57.4 Å². The first kappa shape index (κ1) is 58.4. The van der Waals surface area contributed by atoms with E-state index in [0.717, 1.165) is 16.9 Å². The van der Waals surface area contributed by atoms with Gasteiger partial charge in [-0.2, -0.15) is 64.0 Å². The molecular formula is C43H51BrMgN2O11S. The van der Waals surface area contributed by atoms with Crippen LogP contribution in [0.3, 0.4) is 0 Å². The predicted octanol–water partition coefficient (Wildman–Crippen LogP) is 4.41. The van der Waals surface area contributed by atoms with Crippen LogP contribution in [-0.4, -0.2) is 79.7 Å². The first-order valence-electron chi connectivity index (χ1n) is 17.8. The van der Waals surface area contributed by atoms with E-state index in [2.05, 4.69) is 20.4 Å². The maximum atomic E-state index is 12.7. The van der Waals surface area contributed by atoms with Crippen molar-refractivity contribution >= 4 is 74.5 Å². The van der Waals surface area contributed by atoms with Crippen LogP contribution in [0.1, 0.15) is 61.0 Å². The summed E-state index contributed by atoms with van der Waals surface area (Å²) < 4.78 is 39.2. The molecule has 0 aliphatic heterocycles. The number of halogens is 1. The molecule has 1 atom stereocenters. The van der Waals surface area contributed by atoms with Crippen molar-refractivity contribution in [3.05, 3.63) is 127 Å². The Morgan fingerprint density at radius 1 is 0.661 bits per heavy atom. The quantitative estimate of drug-likeness (QED) is 0.0644. The summed E-state index contributed by atoms with van der Waals surface area (Å²) in [6, 6.07) is 38.2. The normalized spacial score (nSPS) is 10.6. The number of oxime groups is 1. The summed E-state index contributed by atoms with van der Waals surface area (Å²) in [7, 11) is -4.06. The minimum atomic E-state index is -4.06. The molecule has 0 N–H and O–H groups in total. The third-order valence-corrected chi connectivity index (χ3v) is 7.94. The van der Waals surface area contributed by atoms with Gasteiger partial charge in [0.1, 0.15) is 10.9 Å². The Hall–Kier alpha value is -4.95. The van der Waals surface area contributed by atoms with E-state index in [4.69, 9.17) is 28.7 Å². The Balaban J connectivity index is -0.000000810. The molecule has 1 unspecified atom stereocenters. The zero-order valence-electron chi connectivity index (χ0n) is 34.7. The van der Waals surface area contributed by atoms with E-state index >= 15 is 0 Å². The Morgan fingerprint density at radius 2 is 1.07 bits per heavy atom. The summed E-state index contributed by atoms with van der Waals surface area (Å²) in [5.74, 6) is -1.10. The van der Waals surface area contributed by atoms with Gasteiger partial charge < -0.3 is 31.4 Å². The third kappa shape index (κ3) is 24.5. The van der Waals surface area contributed by atoms with Gasteiger partial charge in [-0.05, 0) is 76.9 Å². The van der Waals surface area contributed by atoms with Gasteiger partial charge in [-0.25, -0.2) is 9.59 Å². The fourth-order valence-electron chi connectivity index (χ4n) is 4.46. The number of carbonyl (C=O) groups is 2. The molecule has 0 aromatic heterocycles. The van der Waals surface area contributed by atoms with Crippen LogP contribution < -0.4 is 21.9 Å². The molecule has 59 heavy (non-hydrogen) atoms. The maximum absolute atomic E-state index is 12.7. The third-order valence-electron chi connectivity index (χ3n) is 6.82. The molecule has 0 aliphatic carbocycles. The van der Waals surface area contributed by atoms with Crippen molar-refractivity contribution in [1.29, 1.82) is 0 Å². The Kier molecular flexibility index (Phi) is 32.6. The molecule has 0 spiro atoms. The molecule has 16 heteroatoms. The molecule has 0 bridgehead atoms. The zero-order valence-corrected chi connectivity index (χ0v) is 38.6. The molecular weight excluding hydrogens is 857 g/mol. The molecule has 4 rings (SSSR count). The summed E-state index contributed by atoms with van der Waals surface area (Å²) in [5, 5.41) is 3.50. The van der Waals surface area contributed by atoms with Crippen LogP contribution in [-0.2, 0) is 52.6 Å². The number of rotatable bonds is 12. The number of para-hydroxylation sites is 2. The van der Waals surface area contributed by atoms with Gasteiger partial charge in [-0.15, -0.1) is 0 Å². The van der Waals surface area contributed by atoms with E-state index in [0.29, 0.717) is 0 Å². The Morgan fingerprint density at radius 3 is 1.39 bits per heavy atom. The number of ether oxygens (including phenoxy) is 2. The molecule has 0 saturated heterocycles. The van der Waals surface area contributed by atoms with E-state index in [9.17, 15) is 18.0 Å². The average molecular weight is 908 g/mol. The summed E-state index contributed by atoms with van der Waals surface area (Å²) in [4.78, 5) is 59.1. The Bertz CT molecular complexity index is 1860. The van der Waals surface area contributed by atoms with Crippen LogP contribution in [0.25, 0.3) is 0 Å². The van der Waals surface area contributed by atoms with Crippen LogP contribution in [0.2, 0.25) is 0 Å². The molecule has 13 nitrogen and oxygen atoms in total. The van der Waals surface area contributed by atoms with Crippen LogP contribution in [0, 0.1) is 24.8 Å². The predicted molar refractivity (Wildman–Crippen MR) is 219 cm³/mol. The molecule has 0 radical (unpaired) electrons. The number of hydrogen-bond donors (Lipinski definition) is 0. The molecule has 4 aromatic carbocycles.